The molecule has 3 aromatic rings. The molecule has 0 aliphatic heterocycles. The second-order valence-corrected chi connectivity index (χ2v) is 10.2. The number of hydrogen-bond donors (Lipinski definition) is 2. The lowest BCUT2D eigenvalue weighted by Crippen LogP contribution is -2.55. The summed E-state index contributed by atoms with van der Waals surface area (Å²) in [6.07, 6.45) is 11.2. The number of hydrogen-bond acceptors (Lipinski definition) is 6. The molecule has 1 aromatic carbocycles. The minimum atomic E-state index is 0.125. The molecule has 2 heterocycles. The molecule has 7 heteroatoms. The fraction of sp³-hybridized carbons (Fsp3) is 0.435. The highest BCUT2D eigenvalue weighted by Gasteiger charge is 2.51. The number of nitrogen functional groups attached to an aromatic ring is 1. The van der Waals surface area contributed by atoms with Crippen molar-refractivity contribution in [1.29, 1.82) is 0 Å². The maximum Gasteiger partial charge on any atom is 0.248 e. The smallest absolute Gasteiger partial charge is 0.248 e. The van der Waals surface area contributed by atoms with Crippen LogP contribution in [0.2, 0.25) is 0 Å². The summed E-state index contributed by atoms with van der Waals surface area (Å²) >= 11 is 3.57. The maximum atomic E-state index is 6.49. The quantitative estimate of drug-likeness (QED) is 0.525. The molecular formula is C23H24BrN5O. The van der Waals surface area contributed by atoms with E-state index in [1.54, 1.807) is 6.20 Å². The fourth-order valence-electron chi connectivity index (χ4n) is 6.37. The van der Waals surface area contributed by atoms with Crippen molar-refractivity contribution in [2.24, 2.45) is 17.8 Å². The van der Waals surface area contributed by atoms with Crippen LogP contribution in [-0.4, -0.2) is 20.5 Å². The Morgan fingerprint density at radius 2 is 1.73 bits per heavy atom. The van der Waals surface area contributed by atoms with Gasteiger partial charge in [-0.3, -0.25) is 4.98 Å². The Morgan fingerprint density at radius 1 is 1.00 bits per heavy atom. The Kier molecular flexibility index (Phi) is 4.17. The lowest BCUT2D eigenvalue weighted by Gasteiger charge is -2.57. The average molecular weight is 466 g/mol. The van der Waals surface area contributed by atoms with E-state index in [1.807, 2.05) is 24.3 Å². The van der Waals surface area contributed by atoms with Gasteiger partial charge in [0.05, 0.1) is 0 Å². The second-order valence-electron chi connectivity index (χ2n) is 9.31. The number of nitrogens with one attached hydrogen (secondary N) is 1. The third-order valence-corrected chi connectivity index (χ3v) is 7.85. The van der Waals surface area contributed by atoms with Gasteiger partial charge >= 0.3 is 0 Å². The first kappa shape index (κ1) is 18.4. The van der Waals surface area contributed by atoms with Crippen molar-refractivity contribution in [1.82, 2.24) is 15.0 Å². The van der Waals surface area contributed by atoms with Gasteiger partial charge in [-0.1, -0.05) is 22.0 Å². The first-order valence-corrected chi connectivity index (χ1v) is 11.5. The first-order chi connectivity index (χ1) is 14.6. The van der Waals surface area contributed by atoms with Crippen LogP contribution in [0, 0.1) is 17.8 Å². The third kappa shape index (κ3) is 3.02. The number of fused-ring (bicyclic) bond motifs is 1. The van der Waals surface area contributed by atoms with Gasteiger partial charge in [0.1, 0.15) is 17.5 Å². The van der Waals surface area contributed by atoms with Crippen molar-refractivity contribution in [2.75, 3.05) is 11.1 Å². The van der Waals surface area contributed by atoms with E-state index in [-0.39, 0.29) is 5.54 Å². The molecule has 30 heavy (non-hydrogen) atoms. The summed E-state index contributed by atoms with van der Waals surface area (Å²) in [5.41, 5.74) is 7.84. The number of nitrogens with two attached hydrogens (primary N) is 1. The van der Waals surface area contributed by atoms with Crippen LogP contribution >= 0.6 is 15.9 Å². The summed E-state index contributed by atoms with van der Waals surface area (Å²) in [7, 11) is 0. The third-order valence-electron chi connectivity index (χ3n) is 7.16. The van der Waals surface area contributed by atoms with Crippen molar-refractivity contribution in [3.05, 3.63) is 41.3 Å². The molecule has 4 fully saturated rings. The van der Waals surface area contributed by atoms with Gasteiger partial charge in [0, 0.05) is 21.6 Å². The molecule has 4 saturated carbocycles. The Hall–Kier alpha value is -2.41. The van der Waals surface area contributed by atoms with E-state index in [0.29, 0.717) is 23.1 Å². The minimum absolute atomic E-state index is 0.125. The fourth-order valence-corrected chi connectivity index (χ4v) is 6.83. The predicted molar refractivity (Wildman–Crippen MR) is 120 cm³/mol. The van der Waals surface area contributed by atoms with Crippen LogP contribution in [0.4, 0.5) is 11.5 Å². The number of anilines is 2. The molecule has 4 bridgehead atoms. The number of nitrogens with zero attached hydrogens (tertiary/aromatic N) is 3. The molecule has 0 unspecified atom stereocenters. The van der Waals surface area contributed by atoms with E-state index >= 15 is 0 Å². The molecule has 0 saturated heterocycles. The van der Waals surface area contributed by atoms with Gasteiger partial charge in [-0.2, -0.15) is 4.98 Å². The zero-order valence-electron chi connectivity index (χ0n) is 16.6. The van der Waals surface area contributed by atoms with E-state index in [4.69, 9.17) is 10.5 Å². The van der Waals surface area contributed by atoms with Crippen LogP contribution in [0.1, 0.15) is 38.5 Å². The number of pyridine rings is 1. The Balaban J connectivity index is 1.31. The van der Waals surface area contributed by atoms with Crippen LogP contribution in [0.15, 0.2) is 41.3 Å². The van der Waals surface area contributed by atoms with Gasteiger partial charge in [-0.05, 0) is 74.5 Å². The van der Waals surface area contributed by atoms with E-state index in [2.05, 4.69) is 36.2 Å². The van der Waals surface area contributed by atoms with E-state index in [1.165, 1.54) is 44.9 Å². The minimum Gasteiger partial charge on any atom is -0.435 e. The van der Waals surface area contributed by atoms with Crippen LogP contribution in [0.25, 0.3) is 10.9 Å². The summed E-state index contributed by atoms with van der Waals surface area (Å²) in [5.74, 6) is 4.23. The SMILES string of the molecule is Nc1c(NC23CC4CC(CC(C4)C2)C3)ncnc1Oc1ccc(Br)c2cccnc12. The maximum absolute atomic E-state index is 6.49. The highest BCUT2D eigenvalue weighted by molar-refractivity contribution is 9.10. The highest BCUT2D eigenvalue weighted by atomic mass is 79.9. The van der Waals surface area contributed by atoms with Crippen LogP contribution in [-0.2, 0) is 0 Å². The Bertz CT molecular complexity index is 1100. The number of benzene rings is 1. The molecule has 4 aliphatic carbocycles. The lowest BCUT2D eigenvalue weighted by atomic mass is 9.53. The molecule has 2 aromatic heterocycles. The van der Waals surface area contributed by atoms with E-state index < -0.39 is 0 Å². The standard InChI is InChI=1S/C23H24BrN5O/c24-17-3-4-18(20-16(17)2-1-5-26-20)30-22-19(25)21(27-12-28-22)29-23-9-13-6-14(10-23)8-15(7-13)11-23/h1-5,12-15H,6-11,25H2,(H,27,28,29). The Labute approximate surface area is 183 Å². The molecular weight excluding hydrogens is 442 g/mol. The summed E-state index contributed by atoms with van der Waals surface area (Å²) in [4.78, 5) is 13.3. The highest BCUT2D eigenvalue weighted by Crippen LogP contribution is 2.56. The van der Waals surface area contributed by atoms with E-state index in [9.17, 15) is 0 Å². The molecule has 0 radical (unpaired) electrons. The van der Waals surface area contributed by atoms with Crippen LogP contribution in [0.3, 0.4) is 0 Å². The predicted octanol–water partition coefficient (Wildman–Crippen LogP) is 5.54. The largest absolute Gasteiger partial charge is 0.435 e. The van der Waals surface area contributed by atoms with Crippen molar-refractivity contribution >= 4 is 38.3 Å². The number of halogens is 1. The molecule has 7 rings (SSSR count). The zero-order valence-corrected chi connectivity index (χ0v) is 18.2. The van der Waals surface area contributed by atoms with Gasteiger partial charge < -0.3 is 15.8 Å². The van der Waals surface area contributed by atoms with Crippen LogP contribution < -0.4 is 15.8 Å². The second kappa shape index (κ2) is 6.80. The topological polar surface area (TPSA) is 86.0 Å². The summed E-state index contributed by atoms with van der Waals surface area (Å²) in [6.45, 7) is 0. The number of rotatable bonds is 4. The van der Waals surface area contributed by atoms with Gasteiger partial charge in [-0.15, -0.1) is 0 Å². The van der Waals surface area contributed by atoms with Crippen LogP contribution in [0.5, 0.6) is 11.6 Å². The van der Waals surface area contributed by atoms with Crippen molar-refractivity contribution in [3.63, 3.8) is 0 Å². The van der Waals surface area contributed by atoms with Crippen molar-refractivity contribution < 1.29 is 4.74 Å². The summed E-state index contributed by atoms with van der Waals surface area (Å²) in [5, 5.41) is 4.73. The normalized spacial score (nSPS) is 29.3. The summed E-state index contributed by atoms with van der Waals surface area (Å²) < 4.78 is 7.11. The van der Waals surface area contributed by atoms with Crippen molar-refractivity contribution in [2.45, 2.75) is 44.1 Å². The Morgan fingerprint density at radius 3 is 2.47 bits per heavy atom. The summed E-state index contributed by atoms with van der Waals surface area (Å²) in [6, 6.07) is 7.74. The van der Waals surface area contributed by atoms with Crippen molar-refractivity contribution in [3.8, 4) is 11.6 Å². The average Bonchev–Trinajstić information content (AvgIpc) is 2.72. The number of aromatic nitrogens is 3. The van der Waals surface area contributed by atoms with Gasteiger partial charge in [0.15, 0.2) is 11.6 Å². The molecule has 0 spiro atoms. The van der Waals surface area contributed by atoms with Gasteiger partial charge in [-0.25, -0.2) is 4.98 Å². The molecule has 0 atom stereocenters. The molecule has 6 nitrogen and oxygen atoms in total. The lowest BCUT2D eigenvalue weighted by molar-refractivity contribution is 0.0106. The first-order valence-electron chi connectivity index (χ1n) is 10.7. The van der Waals surface area contributed by atoms with Gasteiger partial charge in [0.25, 0.3) is 0 Å². The molecule has 3 N–H and O–H groups in total. The number of ether oxygens (including phenoxy) is 1. The monoisotopic (exact) mass is 465 g/mol. The van der Waals surface area contributed by atoms with Gasteiger partial charge in [0.2, 0.25) is 5.88 Å². The molecule has 4 aliphatic rings. The molecule has 154 valence electrons. The zero-order chi connectivity index (χ0) is 20.3. The molecule has 0 amide bonds. The van der Waals surface area contributed by atoms with E-state index in [0.717, 1.165) is 33.1 Å².